The highest BCUT2D eigenvalue weighted by molar-refractivity contribution is 7.80. The quantitative estimate of drug-likeness (QED) is 0.711. The van der Waals surface area contributed by atoms with Crippen molar-refractivity contribution < 1.29 is 9.47 Å². The van der Waals surface area contributed by atoms with Crippen LogP contribution in [0.15, 0.2) is 17.0 Å². The second-order valence-electron chi connectivity index (χ2n) is 2.48. The van der Waals surface area contributed by atoms with Crippen molar-refractivity contribution in [2.75, 3.05) is 14.2 Å². The lowest BCUT2D eigenvalue weighted by atomic mass is 10.2. The Kier molecular flexibility index (Phi) is 2.87. The number of methoxy groups -OCH3 is 2. The van der Waals surface area contributed by atoms with Crippen LogP contribution in [0.4, 0.5) is 0 Å². The first-order valence-electron chi connectivity index (χ1n) is 3.60. The fourth-order valence-corrected chi connectivity index (χ4v) is 1.31. The first-order chi connectivity index (χ1) is 5.69. The zero-order valence-electron chi connectivity index (χ0n) is 7.42. The highest BCUT2D eigenvalue weighted by atomic mass is 32.1. The summed E-state index contributed by atoms with van der Waals surface area (Å²) in [6.45, 7) is 1.95. The molecule has 0 atom stereocenters. The molecule has 0 fully saturated rings. The molecule has 2 nitrogen and oxygen atoms in total. The minimum Gasteiger partial charge on any atom is -0.496 e. The van der Waals surface area contributed by atoms with Gasteiger partial charge in [-0.15, -0.1) is 12.6 Å². The Morgan fingerprint density at radius 2 is 1.50 bits per heavy atom. The summed E-state index contributed by atoms with van der Waals surface area (Å²) in [7, 11) is 3.27. The number of hydrogen-bond acceptors (Lipinski definition) is 3. The molecule has 0 radical (unpaired) electrons. The molecule has 0 aromatic heterocycles. The molecule has 0 aliphatic carbocycles. The molecule has 0 amide bonds. The van der Waals surface area contributed by atoms with Gasteiger partial charge in [0.15, 0.2) is 0 Å². The molecule has 0 saturated carbocycles. The lowest BCUT2D eigenvalue weighted by Crippen LogP contribution is -1.92. The van der Waals surface area contributed by atoms with E-state index < -0.39 is 0 Å². The summed E-state index contributed by atoms with van der Waals surface area (Å²) < 4.78 is 10.3. The maximum absolute atomic E-state index is 5.14. The second kappa shape index (κ2) is 3.72. The topological polar surface area (TPSA) is 18.5 Å². The highest BCUT2D eigenvalue weighted by Crippen LogP contribution is 2.30. The number of ether oxygens (including phenoxy) is 2. The van der Waals surface area contributed by atoms with Crippen molar-refractivity contribution in [3.05, 3.63) is 17.7 Å². The van der Waals surface area contributed by atoms with Gasteiger partial charge in [0.25, 0.3) is 0 Å². The van der Waals surface area contributed by atoms with Crippen LogP contribution in [0, 0.1) is 6.92 Å². The third-order valence-electron chi connectivity index (χ3n) is 1.74. The van der Waals surface area contributed by atoms with E-state index in [2.05, 4.69) is 12.6 Å². The van der Waals surface area contributed by atoms with Gasteiger partial charge in [-0.2, -0.15) is 0 Å². The van der Waals surface area contributed by atoms with Gasteiger partial charge in [0.1, 0.15) is 11.5 Å². The predicted octanol–water partition coefficient (Wildman–Crippen LogP) is 2.30. The van der Waals surface area contributed by atoms with E-state index in [0.717, 1.165) is 22.0 Å². The maximum Gasteiger partial charge on any atom is 0.126 e. The van der Waals surface area contributed by atoms with Crippen LogP contribution in [0.5, 0.6) is 11.5 Å². The van der Waals surface area contributed by atoms with E-state index in [1.165, 1.54) is 0 Å². The van der Waals surface area contributed by atoms with E-state index >= 15 is 0 Å². The largest absolute Gasteiger partial charge is 0.496 e. The van der Waals surface area contributed by atoms with Crippen LogP contribution in [0.3, 0.4) is 0 Å². The van der Waals surface area contributed by atoms with Crippen LogP contribution >= 0.6 is 12.6 Å². The molecule has 3 heteroatoms. The lowest BCUT2D eigenvalue weighted by Gasteiger charge is -2.09. The zero-order valence-corrected chi connectivity index (χ0v) is 8.31. The molecule has 0 bridgehead atoms. The summed E-state index contributed by atoms with van der Waals surface area (Å²) in [5.74, 6) is 1.61. The maximum atomic E-state index is 5.14. The van der Waals surface area contributed by atoms with Gasteiger partial charge in [-0.25, -0.2) is 0 Å². The molecule has 12 heavy (non-hydrogen) atoms. The number of benzene rings is 1. The lowest BCUT2D eigenvalue weighted by molar-refractivity contribution is 0.387. The molecule has 0 aliphatic heterocycles. The Balaban J connectivity index is 3.22. The van der Waals surface area contributed by atoms with Crippen LogP contribution in [-0.4, -0.2) is 14.2 Å². The third kappa shape index (κ3) is 1.67. The van der Waals surface area contributed by atoms with Gasteiger partial charge < -0.3 is 9.47 Å². The fraction of sp³-hybridized carbons (Fsp3) is 0.333. The fourth-order valence-electron chi connectivity index (χ4n) is 1.07. The van der Waals surface area contributed by atoms with Gasteiger partial charge in [0, 0.05) is 10.5 Å². The Morgan fingerprint density at radius 1 is 1.08 bits per heavy atom. The van der Waals surface area contributed by atoms with E-state index in [0.29, 0.717) is 0 Å². The molecule has 66 valence electrons. The van der Waals surface area contributed by atoms with E-state index in [1.54, 1.807) is 14.2 Å². The molecule has 1 rings (SSSR count). The number of hydrogen-bond donors (Lipinski definition) is 1. The standard InChI is InChI=1S/C9H12O2S/c1-6-8(10-2)4-7(12)5-9(6)11-3/h4-5,12H,1-3H3. The van der Waals surface area contributed by atoms with Crippen LogP contribution in [0.1, 0.15) is 5.56 Å². The second-order valence-corrected chi connectivity index (χ2v) is 2.99. The Labute approximate surface area is 77.9 Å². The van der Waals surface area contributed by atoms with Gasteiger partial charge in [0.05, 0.1) is 14.2 Å². The molecule has 0 unspecified atom stereocenters. The minimum atomic E-state index is 0.805. The van der Waals surface area contributed by atoms with E-state index in [9.17, 15) is 0 Å². The summed E-state index contributed by atoms with van der Waals surface area (Å²) in [6, 6.07) is 3.72. The summed E-state index contributed by atoms with van der Waals surface area (Å²) in [6.07, 6.45) is 0. The van der Waals surface area contributed by atoms with E-state index in [1.807, 2.05) is 19.1 Å². The van der Waals surface area contributed by atoms with Crippen molar-refractivity contribution >= 4 is 12.6 Å². The zero-order chi connectivity index (χ0) is 9.14. The summed E-state index contributed by atoms with van der Waals surface area (Å²) in [5, 5.41) is 0. The molecule has 1 aromatic rings. The normalized spacial score (nSPS) is 9.67. The molecular formula is C9H12O2S. The smallest absolute Gasteiger partial charge is 0.126 e. The molecule has 1 aromatic carbocycles. The average Bonchev–Trinajstić information content (AvgIpc) is 2.08. The first kappa shape index (κ1) is 9.26. The van der Waals surface area contributed by atoms with Crippen molar-refractivity contribution in [2.24, 2.45) is 0 Å². The van der Waals surface area contributed by atoms with Crippen molar-refractivity contribution in [3.8, 4) is 11.5 Å². The molecule has 0 heterocycles. The van der Waals surface area contributed by atoms with Crippen molar-refractivity contribution in [2.45, 2.75) is 11.8 Å². The Bertz CT molecular complexity index is 259. The van der Waals surface area contributed by atoms with Crippen LogP contribution in [0.25, 0.3) is 0 Å². The molecular weight excluding hydrogens is 172 g/mol. The van der Waals surface area contributed by atoms with Crippen LogP contribution in [0.2, 0.25) is 0 Å². The molecule has 0 N–H and O–H groups in total. The highest BCUT2D eigenvalue weighted by Gasteiger charge is 2.05. The van der Waals surface area contributed by atoms with Gasteiger partial charge in [-0.1, -0.05) is 0 Å². The van der Waals surface area contributed by atoms with Crippen molar-refractivity contribution in [3.63, 3.8) is 0 Å². The van der Waals surface area contributed by atoms with Gasteiger partial charge in [0.2, 0.25) is 0 Å². The van der Waals surface area contributed by atoms with E-state index in [4.69, 9.17) is 9.47 Å². The van der Waals surface area contributed by atoms with E-state index in [-0.39, 0.29) is 0 Å². The number of rotatable bonds is 2. The molecule has 0 aliphatic rings. The minimum absolute atomic E-state index is 0.805. The van der Waals surface area contributed by atoms with Gasteiger partial charge >= 0.3 is 0 Å². The third-order valence-corrected chi connectivity index (χ3v) is 2.00. The van der Waals surface area contributed by atoms with Crippen molar-refractivity contribution in [1.29, 1.82) is 0 Å². The Hall–Kier alpha value is -0.830. The SMILES string of the molecule is COc1cc(S)cc(OC)c1C. The summed E-state index contributed by atoms with van der Waals surface area (Å²) in [5.41, 5.74) is 0.998. The summed E-state index contributed by atoms with van der Waals surface area (Å²) >= 11 is 4.22. The van der Waals surface area contributed by atoms with Crippen molar-refractivity contribution in [1.82, 2.24) is 0 Å². The average molecular weight is 184 g/mol. The first-order valence-corrected chi connectivity index (χ1v) is 4.05. The van der Waals surface area contributed by atoms with Gasteiger partial charge in [-0.05, 0) is 19.1 Å². The number of thiol groups is 1. The summed E-state index contributed by atoms with van der Waals surface area (Å²) in [4.78, 5) is 0.842. The monoisotopic (exact) mass is 184 g/mol. The van der Waals surface area contributed by atoms with Gasteiger partial charge in [-0.3, -0.25) is 0 Å². The van der Waals surface area contributed by atoms with Crippen LogP contribution < -0.4 is 9.47 Å². The molecule has 0 spiro atoms. The Morgan fingerprint density at radius 3 is 1.83 bits per heavy atom. The molecule has 0 saturated heterocycles. The predicted molar refractivity (Wildman–Crippen MR) is 51.5 cm³/mol. The van der Waals surface area contributed by atoms with Crippen LogP contribution in [-0.2, 0) is 0 Å².